The standard InChI is InChI=1S/C15H17N3O5/c1-5-12(19)16-15-14(10(4)23-17-15)22-13-9(3)6-8(2)7-11(13)18(20)21/h6-7H,5H2,1-4H3,(H,16,17,19). The van der Waals surface area contributed by atoms with Gasteiger partial charge in [0, 0.05) is 19.4 Å². The van der Waals surface area contributed by atoms with Crippen molar-refractivity contribution in [3.8, 4) is 11.5 Å². The quantitative estimate of drug-likeness (QED) is 0.665. The fourth-order valence-corrected chi connectivity index (χ4v) is 2.09. The lowest BCUT2D eigenvalue weighted by atomic mass is 10.1. The highest BCUT2D eigenvalue weighted by Crippen LogP contribution is 2.39. The Balaban J connectivity index is 2.46. The first-order valence-corrected chi connectivity index (χ1v) is 7.03. The minimum Gasteiger partial charge on any atom is -0.442 e. The molecule has 0 radical (unpaired) electrons. The number of nitrogens with one attached hydrogen (secondary N) is 1. The third-order valence-electron chi connectivity index (χ3n) is 3.19. The summed E-state index contributed by atoms with van der Waals surface area (Å²) in [7, 11) is 0. The van der Waals surface area contributed by atoms with Crippen molar-refractivity contribution in [1.29, 1.82) is 0 Å². The van der Waals surface area contributed by atoms with Crippen LogP contribution in [0, 0.1) is 30.9 Å². The maximum absolute atomic E-state index is 11.5. The number of carbonyl (C=O) groups is 1. The minimum atomic E-state index is -0.511. The van der Waals surface area contributed by atoms with Crippen LogP contribution in [0.3, 0.4) is 0 Å². The van der Waals surface area contributed by atoms with Gasteiger partial charge in [-0.3, -0.25) is 14.9 Å². The smallest absolute Gasteiger partial charge is 0.312 e. The van der Waals surface area contributed by atoms with Gasteiger partial charge in [-0.2, -0.15) is 0 Å². The van der Waals surface area contributed by atoms with Crippen LogP contribution < -0.4 is 10.1 Å². The molecule has 0 aliphatic rings. The molecule has 0 fully saturated rings. The van der Waals surface area contributed by atoms with Gasteiger partial charge in [0.05, 0.1) is 4.92 Å². The Hall–Kier alpha value is -2.90. The summed E-state index contributed by atoms with van der Waals surface area (Å²) in [6.45, 7) is 6.76. The second-order valence-corrected chi connectivity index (χ2v) is 5.11. The maximum Gasteiger partial charge on any atom is 0.312 e. The van der Waals surface area contributed by atoms with Gasteiger partial charge in [-0.05, 0) is 25.0 Å². The molecule has 1 amide bonds. The molecule has 0 saturated heterocycles. The van der Waals surface area contributed by atoms with Gasteiger partial charge in [0.25, 0.3) is 0 Å². The Labute approximate surface area is 132 Å². The van der Waals surface area contributed by atoms with E-state index in [1.54, 1.807) is 33.8 Å². The molecule has 1 aromatic carbocycles. The zero-order valence-electron chi connectivity index (χ0n) is 13.3. The number of carbonyl (C=O) groups excluding carboxylic acids is 1. The summed E-state index contributed by atoms with van der Waals surface area (Å²) in [5, 5.41) is 17.5. The molecule has 1 aromatic heterocycles. The number of hydrogen-bond acceptors (Lipinski definition) is 6. The van der Waals surface area contributed by atoms with Crippen LogP contribution in [0.4, 0.5) is 11.5 Å². The lowest BCUT2D eigenvalue weighted by Gasteiger charge is -2.10. The van der Waals surface area contributed by atoms with Gasteiger partial charge in [-0.25, -0.2) is 0 Å². The summed E-state index contributed by atoms with van der Waals surface area (Å²) in [6.07, 6.45) is 0.259. The van der Waals surface area contributed by atoms with E-state index in [9.17, 15) is 14.9 Å². The molecule has 0 aliphatic carbocycles. The van der Waals surface area contributed by atoms with Gasteiger partial charge in [0.15, 0.2) is 5.76 Å². The van der Waals surface area contributed by atoms with E-state index >= 15 is 0 Å². The number of anilines is 1. The van der Waals surface area contributed by atoms with Crippen LogP contribution in [0.15, 0.2) is 16.7 Å². The molecule has 0 spiro atoms. The number of nitro groups is 1. The average molecular weight is 319 g/mol. The Bertz CT molecular complexity index is 767. The van der Waals surface area contributed by atoms with Crippen molar-refractivity contribution in [2.24, 2.45) is 0 Å². The van der Waals surface area contributed by atoms with Gasteiger partial charge >= 0.3 is 5.69 Å². The zero-order valence-corrected chi connectivity index (χ0v) is 13.3. The van der Waals surface area contributed by atoms with Crippen molar-refractivity contribution >= 4 is 17.4 Å². The highest BCUT2D eigenvalue weighted by Gasteiger charge is 2.24. The Morgan fingerprint density at radius 1 is 1.35 bits per heavy atom. The summed E-state index contributed by atoms with van der Waals surface area (Å²) in [5.74, 6) is 0.397. The number of hydrogen-bond donors (Lipinski definition) is 1. The summed E-state index contributed by atoms with van der Waals surface area (Å²) in [6, 6.07) is 3.20. The van der Waals surface area contributed by atoms with E-state index in [4.69, 9.17) is 9.26 Å². The van der Waals surface area contributed by atoms with Crippen molar-refractivity contribution in [3.63, 3.8) is 0 Å². The predicted molar refractivity (Wildman–Crippen MR) is 82.8 cm³/mol. The normalized spacial score (nSPS) is 10.4. The van der Waals surface area contributed by atoms with Gasteiger partial charge in [0.2, 0.25) is 23.2 Å². The molecule has 23 heavy (non-hydrogen) atoms. The topological polar surface area (TPSA) is 108 Å². The van der Waals surface area contributed by atoms with Crippen LogP contribution in [0.25, 0.3) is 0 Å². The van der Waals surface area contributed by atoms with Crippen LogP contribution in [-0.4, -0.2) is 16.0 Å². The van der Waals surface area contributed by atoms with E-state index < -0.39 is 4.92 Å². The van der Waals surface area contributed by atoms with E-state index in [1.165, 1.54) is 6.07 Å². The fraction of sp³-hybridized carbons (Fsp3) is 0.333. The lowest BCUT2D eigenvalue weighted by molar-refractivity contribution is -0.385. The predicted octanol–water partition coefficient (Wildman–Crippen LogP) is 3.65. The minimum absolute atomic E-state index is 0.0962. The molecule has 2 rings (SSSR count). The van der Waals surface area contributed by atoms with E-state index in [-0.39, 0.29) is 35.3 Å². The van der Waals surface area contributed by atoms with E-state index in [0.29, 0.717) is 11.3 Å². The molecule has 1 N–H and O–H groups in total. The van der Waals surface area contributed by atoms with Crippen molar-refractivity contribution in [1.82, 2.24) is 5.16 Å². The Kier molecular flexibility index (Phi) is 4.63. The molecule has 8 heteroatoms. The number of nitrogens with zero attached hydrogens (tertiary/aromatic N) is 2. The maximum atomic E-state index is 11.5. The lowest BCUT2D eigenvalue weighted by Crippen LogP contribution is -2.10. The van der Waals surface area contributed by atoms with Gasteiger partial charge in [-0.1, -0.05) is 18.1 Å². The number of aromatic nitrogens is 1. The first kappa shape index (κ1) is 16.5. The molecular formula is C15H17N3O5. The number of nitro benzene ring substituents is 1. The summed E-state index contributed by atoms with van der Waals surface area (Å²) in [5.41, 5.74) is 1.20. The first-order chi connectivity index (χ1) is 10.8. The molecule has 1 heterocycles. The van der Waals surface area contributed by atoms with Crippen molar-refractivity contribution in [3.05, 3.63) is 39.1 Å². The van der Waals surface area contributed by atoms with Crippen LogP contribution >= 0.6 is 0 Å². The van der Waals surface area contributed by atoms with E-state index in [0.717, 1.165) is 5.56 Å². The number of rotatable bonds is 5. The molecule has 0 saturated carbocycles. The monoisotopic (exact) mass is 319 g/mol. The summed E-state index contributed by atoms with van der Waals surface area (Å²) < 4.78 is 10.7. The van der Waals surface area contributed by atoms with Crippen LogP contribution in [0.1, 0.15) is 30.2 Å². The second-order valence-electron chi connectivity index (χ2n) is 5.11. The SMILES string of the molecule is CCC(=O)Nc1noc(C)c1Oc1c(C)cc(C)cc1[N+](=O)[O-]. The number of amides is 1. The molecular weight excluding hydrogens is 302 g/mol. The highest BCUT2D eigenvalue weighted by atomic mass is 16.6. The Morgan fingerprint density at radius 3 is 2.65 bits per heavy atom. The van der Waals surface area contributed by atoms with Crippen molar-refractivity contribution in [2.75, 3.05) is 5.32 Å². The van der Waals surface area contributed by atoms with Crippen molar-refractivity contribution in [2.45, 2.75) is 34.1 Å². The third-order valence-corrected chi connectivity index (χ3v) is 3.19. The first-order valence-electron chi connectivity index (χ1n) is 7.03. The van der Waals surface area contributed by atoms with E-state index in [2.05, 4.69) is 10.5 Å². The van der Waals surface area contributed by atoms with Gasteiger partial charge < -0.3 is 14.6 Å². The van der Waals surface area contributed by atoms with E-state index in [1.807, 2.05) is 0 Å². The molecule has 122 valence electrons. The average Bonchev–Trinajstić information content (AvgIpc) is 2.81. The largest absolute Gasteiger partial charge is 0.442 e. The fourth-order valence-electron chi connectivity index (χ4n) is 2.09. The van der Waals surface area contributed by atoms with Crippen LogP contribution in [0.2, 0.25) is 0 Å². The molecule has 2 aromatic rings. The highest BCUT2D eigenvalue weighted by molar-refractivity contribution is 5.91. The Morgan fingerprint density at radius 2 is 2.04 bits per heavy atom. The third kappa shape index (κ3) is 3.47. The molecule has 8 nitrogen and oxygen atoms in total. The van der Waals surface area contributed by atoms with Gasteiger partial charge in [0.1, 0.15) is 0 Å². The molecule has 0 aliphatic heterocycles. The number of ether oxygens (including phenoxy) is 1. The number of aryl methyl sites for hydroxylation is 3. The van der Waals surface area contributed by atoms with Crippen molar-refractivity contribution < 1.29 is 19.0 Å². The molecule has 0 bridgehead atoms. The number of benzene rings is 1. The summed E-state index contributed by atoms with van der Waals surface area (Å²) >= 11 is 0. The van der Waals surface area contributed by atoms with Gasteiger partial charge in [-0.15, -0.1) is 0 Å². The van der Waals surface area contributed by atoms with Crippen LogP contribution in [0.5, 0.6) is 11.5 Å². The summed E-state index contributed by atoms with van der Waals surface area (Å²) in [4.78, 5) is 22.3. The molecule has 0 atom stereocenters. The second kappa shape index (κ2) is 6.47. The van der Waals surface area contributed by atoms with Crippen LogP contribution in [-0.2, 0) is 4.79 Å². The molecule has 0 unspecified atom stereocenters. The zero-order chi connectivity index (χ0) is 17.1.